The third kappa shape index (κ3) is 2.41. The fourth-order valence-corrected chi connectivity index (χ4v) is 3.43. The van der Waals surface area contributed by atoms with Gasteiger partial charge in [-0.3, -0.25) is 9.69 Å². The van der Waals surface area contributed by atoms with Crippen molar-refractivity contribution in [3.05, 3.63) is 64.2 Å². The lowest BCUT2D eigenvalue weighted by Crippen LogP contribution is -2.45. The quantitative estimate of drug-likeness (QED) is 0.800. The van der Waals surface area contributed by atoms with Crippen molar-refractivity contribution >= 4 is 30.0 Å². The number of halogens is 3. The highest BCUT2D eigenvalue weighted by Crippen LogP contribution is 2.44. The highest BCUT2D eigenvalue weighted by Gasteiger charge is 2.45. The molecule has 118 valence electrons. The summed E-state index contributed by atoms with van der Waals surface area (Å²) in [5, 5.41) is 0.502. The third-order valence-electron chi connectivity index (χ3n) is 4.20. The Labute approximate surface area is 136 Å². The van der Waals surface area contributed by atoms with Crippen molar-refractivity contribution in [1.29, 1.82) is 0 Å². The molecule has 0 aromatic heterocycles. The summed E-state index contributed by atoms with van der Waals surface area (Å²) < 4.78 is 27.0. The van der Waals surface area contributed by atoms with Crippen LogP contribution < -0.4 is 4.90 Å². The van der Waals surface area contributed by atoms with Gasteiger partial charge >= 0.3 is 0 Å². The fourth-order valence-electron chi connectivity index (χ4n) is 3.16. The molecule has 0 spiro atoms. The van der Waals surface area contributed by atoms with Gasteiger partial charge in [-0.1, -0.05) is 23.7 Å². The van der Waals surface area contributed by atoms with Crippen LogP contribution in [0.5, 0.6) is 0 Å². The van der Waals surface area contributed by atoms with Gasteiger partial charge < -0.3 is 4.79 Å². The molecule has 1 unspecified atom stereocenters. The number of aldehydes is 1. The van der Waals surface area contributed by atoms with Crippen molar-refractivity contribution in [1.82, 2.24) is 0 Å². The molecule has 0 saturated carbocycles. The van der Waals surface area contributed by atoms with Gasteiger partial charge in [-0.2, -0.15) is 0 Å². The van der Waals surface area contributed by atoms with Gasteiger partial charge in [0.05, 0.1) is 5.69 Å². The minimum absolute atomic E-state index is 0.0163. The third-order valence-corrected chi connectivity index (χ3v) is 4.55. The molecule has 2 aromatic rings. The molecule has 0 bridgehead atoms. The van der Waals surface area contributed by atoms with E-state index in [1.807, 2.05) is 0 Å². The lowest BCUT2D eigenvalue weighted by atomic mass is 9.91. The maximum absolute atomic E-state index is 13.5. The number of benzene rings is 2. The number of carbonyl (C=O) groups excluding carboxylic acids is 2. The molecule has 1 aliphatic carbocycles. The van der Waals surface area contributed by atoms with Gasteiger partial charge in [-0.15, -0.1) is 0 Å². The summed E-state index contributed by atoms with van der Waals surface area (Å²) in [6.45, 7) is 0. The van der Waals surface area contributed by atoms with E-state index in [9.17, 15) is 18.4 Å². The number of hydrogen-bond acceptors (Lipinski definition) is 2. The zero-order valence-corrected chi connectivity index (χ0v) is 12.7. The van der Waals surface area contributed by atoms with Crippen molar-refractivity contribution in [3.63, 3.8) is 0 Å². The second-order valence-corrected chi connectivity index (χ2v) is 5.82. The van der Waals surface area contributed by atoms with Crippen LogP contribution in [0, 0.1) is 11.6 Å². The van der Waals surface area contributed by atoms with Crippen LogP contribution in [0.2, 0.25) is 5.02 Å². The molecule has 0 N–H and O–H groups in total. The Balaban J connectivity index is 2.19. The molecule has 3 rings (SSSR count). The SMILES string of the molecule is O=CN(c1cc(F)cc(F)c1)C1(C=O)CCc2c(Cl)cccc21. The second kappa shape index (κ2) is 5.74. The molecular formula is C17H12ClF2NO2. The van der Waals surface area contributed by atoms with E-state index in [-0.39, 0.29) is 5.69 Å². The summed E-state index contributed by atoms with van der Waals surface area (Å²) in [6, 6.07) is 7.83. The fraction of sp³-hybridized carbons (Fsp3) is 0.176. The predicted molar refractivity (Wildman–Crippen MR) is 82.4 cm³/mol. The summed E-state index contributed by atoms with van der Waals surface area (Å²) in [5.41, 5.74) is 0.0153. The van der Waals surface area contributed by atoms with Crippen molar-refractivity contribution in [2.24, 2.45) is 0 Å². The molecule has 0 saturated heterocycles. The Kier molecular flexibility index (Phi) is 3.90. The molecule has 0 fully saturated rings. The van der Waals surface area contributed by atoms with E-state index in [4.69, 9.17) is 11.6 Å². The predicted octanol–water partition coefficient (Wildman–Crippen LogP) is 3.62. The van der Waals surface area contributed by atoms with E-state index >= 15 is 0 Å². The number of anilines is 1. The van der Waals surface area contributed by atoms with Crippen LogP contribution in [0.3, 0.4) is 0 Å². The molecule has 3 nitrogen and oxygen atoms in total. The Hall–Kier alpha value is -2.27. The van der Waals surface area contributed by atoms with Crippen LogP contribution in [0.25, 0.3) is 0 Å². The summed E-state index contributed by atoms with van der Waals surface area (Å²) in [4.78, 5) is 24.6. The van der Waals surface area contributed by atoms with E-state index in [1.54, 1.807) is 18.2 Å². The highest BCUT2D eigenvalue weighted by molar-refractivity contribution is 6.31. The first kappa shape index (κ1) is 15.6. The van der Waals surface area contributed by atoms with Crippen LogP contribution in [-0.4, -0.2) is 12.7 Å². The van der Waals surface area contributed by atoms with Gasteiger partial charge in [0.2, 0.25) is 6.41 Å². The number of rotatable bonds is 4. The Bertz CT molecular complexity index is 776. The van der Waals surface area contributed by atoms with Gasteiger partial charge in [0.1, 0.15) is 17.2 Å². The number of carbonyl (C=O) groups is 2. The van der Waals surface area contributed by atoms with E-state index in [0.717, 1.165) is 22.6 Å². The molecular weight excluding hydrogens is 324 g/mol. The van der Waals surface area contributed by atoms with Gasteiger partial charge in [0.25, 0.3) is 0 Å². The Morgan fingerprint density at radius 2 is 1.83 bits per heavy atom. The second-order valence-electron chi connectivity index (χ2n) is 5.41. The molecule has 1 atom stereocenters. The van der Waals surface area contributed by atoms with Crippen LogP contribution in [-0.2, 0) is 21.5 Å². The summed E-state index contributed by atoms with van der Waals surface area (Å²) in [7, 11) is 0. The molecule has 2 aromatic carbocycles. The molecule has 0 aliphatic heterocycles. The molecule has 23 heavy (non-hydrogen) atoms. The summed E-state index contributed by atoms with van der Waals surface area (Å²) >= 11 is 6.16. The van der Waals surface area contributed by atoms with Gasteiger partial charge in [-0.25, -0.2) is 8.78 Å². The largest absolute Gasteiger partial charge is 0.300 e. The van der Waals surface area contributed by atoms with Crippen molar-refractivity contribution < 1.29 is 18.4 Å². The maximum Gasteiger partial charge on any atom is 0.215 e. The Morgan fingerprint density at radius 1 is 1.13 bits per heavy atom. The van der Waals surface area contributed by atoms with Crippen molar-refractivity contribution in [3.8, 4) is 0 Å². The van der Waals surface area contributed by atoms with Gasteiger partial charge in [0, 0.05) is 11.1 Å². The molecule has 1 aliphatic rings. The minimum atomic E-state index is -1.32. The topological polar surface area (TPSA) is 37.4 Å². The standard InChI is InChI=1S/C17H12ClF2NO2/c18-16-3-1-2-15-14(16)4-5-17(15,9-22)21(10-23)13-7-11(19)6-12(20)8-13/h1-3,6-10H,4-5H2. The van der Waals surface area contributed by atoms with Crippen molar-refractivity contribution in [2.75, 3.05) is 4.90 Å². The average Bonchev–Trinajstić information content (AvgIpc) is 2.88. The number of amides is 1. The summed E-state index contributed by atoms with van der Waals surface area (Å²) in [5.74, 6) is -1.64. The number of nitrogens with zero attached hydrogens (tertiary/aromatic N) is 1. The molecule has 0 radical (unpaired) electrons. The minimum Gasteiger partial charge on any atom is -0.300 e. The summed E-state index contributed by atoms with van der Waals surface area (Å²) in [6.07, 6.45) is 1.84. The number of fused-ring (bicyclic) bond motifs is 1. The monoisotopic (exact) mass is 335 g/mol. The van der Waals surface area contributed by atoms with Gasteiger partial charge in [0.15, 0.2) is 6.29 Å². The highest BCUT2D eigenvalue weighted by atomic mass is 35.5. The van der Waals surface area contributed by atoms with E-state index < -0.39 is 17.2 Å². The molecule has 0 heterocycles. The normalized spacial score (nSPS) is 19.3. The van der Waals surface area contributed by atoms with Gasteiger partial charge in [-0.05, 0) is 42.2 Å². The van der Waals surface area contributed by atoms with E-state index in [0.29, 0.717) is 42.2 Å². The van der Waals surface area contributed by atoms with E-state index in [1.165, 1.54) is 0 Å². The zero-order chi connectivity index (χ0) is 16.6. The lowest BCUT2D eigenvalue weighted by molar-refractivity contribution is -0.116. The molecule has 6 heteroatoms. The smallest absolute Gasteiger partial charge is 0.215 e. The van der Waals surface area contributed by atoms with Crippen LogP contribution in [0.1, 0.15) is 17.5 Å². The zero-order valence-electron chi connectivity index (χ0n) is 11.9. The number of hydrogen-bond donors (Lipinski definition) is 0. The first-order chi connectivity index (χ1) is 11.0. The van der Waals surface area contributed by atoms with Crippen LogP contribution >= 0.6 is 11.6 Å². The first-order valence-corrected chi connectivity index (χ1v) is 7.34. The lowest BCUT2D eigenvalue weighted by Gasteiger charge is -2.35. The van der Waals surface area contributed by atoms with E-state index in [2.05, 4.69) is 0 Å². The average molecular weight is 336 g/mol. The van der Waals surface area contributed by atoms with Crippen LogP contribution in [0.4, 0.5) is 14.5 Å². The Morgan fingerprint density at radius 3 is 2.43 bits per heavy atom. The van der Waals surface area contributed by atoms with Crippen molar-refractivity contribution in [2.45, 2.75) is 18.4 Å². The van der Waals surface area contributed by atoms with Crippen LogP contribution in [0.15, 0.2) is 36.4 Å². The molecule has 1 amide bonds. The maximum atomic E-state index is 13.5. The first-order valence-electron chi connectivity index (χ1n) is 6.97.